The summed E-state index contributed by atoms with van der Waals surface area (Å²) in [6.07, 6.45) is 1.36. The van der Waals surface area contributed by atoms with Crippen molar-refractivity contribution in [1.29, 1.82) is 0 Å². The molecule has 1 aliphatic heterocycles. The Kier molecular flexibility index (Phi) is 9.27. The fraction of sp³-hybridized carbons (Fsp3) is 0.393. The van der Waals surface area contributed by atoms with Crippen LogP contribution in [0.4, 0.5) is 10.5 Å². The van der Waals surface area contributed by atoms with Crippen LogP contribution in [0.5, 0.6) is 0 Å². The van der Waals surface area contributed by atoms with Gasteiger partial charge in [-0.25, -0.2) is 9.78 Å². The maximum Gasteiger partial charge on any atom is 0.411 e. The number of methoxy groups -OCH3 is 1. The van der Waals surface area contributed by atoms with Crippen LogP contribution < -0.4 is 5.32 Å². The van der Waals surface area contributed by atoms with Crippen LogP contribution in [0.25, 0.3) is 0 Å². The highest BCUT2D eigenvalue weighted by Crippen LogP contribution is 2.32. The van der Waals surface area contributed by atoms with Crippen molar-refractivity contribution in [1.82, 2.24) is 19.7 Å². The quantitative estimate of drug-likeness (QED) is 0.439. The van der Waals surface area contributed by atoms with Crippen LogP contribution in [-0.2, 0) is 11.3 Å². The predicted molar refractivity (Wildman–Crippen MR) is 147 cm³/mol. The van der Waals surface area contributed by atoms with Gasteiger partial charge in [0.2, 0.25) is 0 Å². The first-order valence-electron chi connectivity index (χ1n) is 12.7. The average Bonchev–Trinajstić information content (AvgIpc) is 3.44. The van der Waals surface area contributed by atoms with Gasteiger partial charge in [-0.2, -0.15) is 0 Å². The Bertz CT molecular complexity index is 1160. The van der Waals surface area contributed by atoms with Crippen LogP contribution in [0, 0.1) is 0 Å². The van der Waals surface area contributed by atoms with Crippen molar-refractivity contribution < 1.29 is 14.3 Å². The minimum absolute atomic E-state index is 0.0148. The van der Waals surface area contributed by atoms with Gasteiger partial charge in [-0.05, 0) is 49.2 Å². The van der Waals surface area contributed by atoms with Crippen molar-refractivity contribution in [3.63, 3.8) is 0 Å². The topological polar surface area (TPSA) is 78.0 Å². The number of piperazine rings is 1. The number of amides is 2. The zero-order chi connectivity index (χ0) is 26.2. The van der Waals surface area contributed by atoms with Crippen molar-refractivity contribution >= 4 is 29.0 Å². The number of thiazole rings is 1. The highest BCUT2D eigenvalue weighted by molar-refractivity contribution is 7.09. The zero-order valence-electron chi connectivity index (χ0n) is 21.7. The summed E-state index contributed by atoms with van der Waals surface area (Å²) >= 11 is 1.69. The Morgan fingerprint density at radius 2 is 1.78 bits per heavy atom. The van der Waals surface area contributed by atoms with Gasteiger partial charge in [0.15, 0.2) is 0 Å². The molecule has 2 amide bonds. The number of hydrogen-bond acceptors (Lipinski definition) is 7. The summed E-state index contributed by atoms with van der Waals surface area (Å²) in [4.78, 5) is 35.8. The summed E-state index contributed by atoms with van der Waals surface area (Å²) in [6.45, 7) is 9.90. The Morgan fingerprint density at radius 1 is 1.05 bits per heavy atom. The Balaban J connectivity index is 1.58. The van der Waals surface area contributed by atoms with Crippen molar-refractivity contribution in [2.24, 2.45) is 0 Å². The first-order chi connectivity index (χ1) is 18.0. The fourth-order valence-corrected chi connectivity index (χ4v) is 5.43. The molecule has 0 radical (unpaired) electrons. The third-order valence-electron chi connectivity index (χ3n) is 6.77. The molecular formula is C28H35N5O3S. The number of rotatable bonds is 9. The molecule has 4 rings (SSSR count). The number of nitrogens with one attached hydrogen (secondary N) is 1. The molecular weight excluding hydrogens is 486 g/mol. The van der Waals surface area contributed by atoms with Crippen LogP contribution in [0.15, 0.2) is 60.1 Å². The standard InChI is InChI=1S/C28H35N5O3S/c1-4-32(5-2)27(34)22-11-9-21(10-12-22)26(23-7-6-8-24(19-23)30-28(35)36-3)33-16-14-31(15-17-33)20-25-29-13-18-37-25/h6-13,18-19,26H,4-5,14-17,20H2,1-3H3,(H,30,35)/t26-/m1/s1. The normalized spacial score (nSPS) is 15.2. The average molecular weight is 522 g/mol. The van der Waals surface area contributed by atoms with Gasteiger partial charge < -0.3 is 9.64 Å². The Hall–Kier alpha value is -3.27. The molecule has 8 nitrogen and oxygen atoms in total. The van der Waals surface area contributed by atoms with Gasteiger partial charge in [-0.3, -0.25) is 19.9 Å². The SMILES string of the molecule is CCN(CC)C(=O)c1ccc([C@H](c2cccc(NC(=O)OC)c2)N2CCN(Cc3nccs3)CC2)cc1. The second kappa shape index (κ2) is 12.8. The van der Waals surface area contributed by atoms with E-state index in [0.717, 1.165) is 48.9 Å². The van der Waals surface area contributed by atoms with Crippen LogP contribution in [-0.4, -0.2) is 78.1 Å². The number of ether oxygens (including phenoxy) is 1. The highest BCUT2D eigenvalue weighted by atomic mass is 32.1. The molecule has 1 fully saturated rings. The van der Waals surface area contributed by atoms with E-state index >= 15 is 0 Å². The summed E-state index contributed by atoms with van der Waals surface area (Å²) < 4.78 is 4.78. The van der Waals surface area contributed by atoms with Gasteiger partial charge >= 0.3 is 6.09 Å². The highest BCUT2D eigenvalue weighted by Gasteiger charge is 2.27. The molecule has 3 aromatic rings. The summed E-state index contributed by atoms with van der Waals surface area (Å²) in [7, 11) is 1.36. The lowest BCUT2D eigenvalue weighted by molar-refractivity contribution is 0.0772. The molecule has 0 spiro atoms. The minimum atomic E-state index is -0.497. The lowest BCUT2D eigenvalue weighted by Gasteiger charge is -2.39. The predicted octanol–water partition coefficient (Wildman–Crippen LogP) is 4.71. The Labute approximate surface area is 222 Å². The first-order valence-corrected chi connectivity index (χ1v) is 13.6. The van der Waals surface area contributed by atoms with E-state index in [1.54, 1.807) is 11.3 Å². The summed E-state index contributed by atoms with van der Waals surface area (Å²) in [5.41, 5.74) is 3.57. The number of anilines is 1. The van der Waals surface area contributed by atoms with Gasteiger partial charge in [0.1, 0.15) is 5.01 Å². The fourth-order valence-electron chi connectivity index (χ4n) is 4.77. The monoisotopic (exact) mass is 521 g/mol. The molecule has 9 heteroatoms. The number of carbonyl (C=O) groups excluding carboxylic acids is 2. The number of aromatic nitrogens is 1. The first kappa shape index (κ1) is 26.8. The van der Waals surface area contributed by atoms with Gasteiger partial charge in [0, 0.05) is 62.1 Å². The van der Waals surface area contributed by atoms with E-state index in [1.165, 1.54) is 7.11 Å². The van der Waals surface area contributed by atoms with Gasteiger partial charge in [0.25, 0.3) is 5.91 Å². The number of hydrogen-bond donors (Lipinski definition) is 1. The second-order valence-electron chi connectivity index (χ2n) is 8.98. The third-order valence-corrected chi connectivity index (χ3v) is 7.54. The molecule has 0 unspecified atom stereocenters. The lowest BCUT2D eigenvalue weighted by Crippen LogP contribution is -2.47. The summed E-state index contributed by atoms with van der Waals surface area (Å²) in [5.74, 6) is 0.0492. The number of nitrogens with zero attached hydrogens (tertiary/aromatic N) is 4. The van der Waals surface area contributed by atoms with Crippen LogP contribution in [0.2, 0.25) is 0 Å². The smallest absolute Gasteiger partial charge is 0.411 e. The zero-order valence-corrected chi connectivity index (χ0v) is 22.5. The molecule has 1 aromatic heterocycles. The Morgan fingerprint density at radius 3 is 2.41 bits per heavy atom. The van der Waals surface area contributed by atoms with E-state index in [9.17, 15) is 9.59 Å². The third kappa shape index (κ3) is 6.74. The molecule has 1 aliphatic rings. The summed E-state index contributed by atoms with van der Waals surface area (Å²) in [6, 6.07) is 15.9. The van der Waals surface area contributed by atoms with Crippen LogP contribution >= 0.6 is 11.3 Å². The van der Waals surface area contributed by atoms with E-state index in [4.69, 9.17) is 4.74 Å². The molecule has 1 atom stereocenters. The number of carbonyl (C=O) groups is 2. The molecule has 0 aliphatic carbocycles. The minimum Gasteiger partial charge on any atom is -0.453 e. The van der Waals surface area contributed by atoms with Crippen molar-refractivity contribution in [2.45, 2.75) is 26.4 Å². The van der Waals surface area contributed by atoms with Gasteiger partial charge in [0.05, 0.1) is 19.7 Å². The molecule has 37 heavy (non-hydrogen) atoms. The largest absolute Gasteiger partial charge is 0.453 e. The molecule has 2 heterocycles. The van der Waals surface area contributed by atoms with E-state index in [-0.39, 0.29) is 11.9 Å². The summed E-state index contributed by atoms with van der Waals surface area (Å²) in [5, 5.41) is 5.94. The van der Waals surface area contributed by atoms with E-state index < -0.39 is 6.09 Å². The van der Waals surface area contributed by atoms with Crippen molar-refractivity contribution in [3.8, 4) is 0 Å². The molecule has 2 aromatic carbocycles. The van der Waals surface area contributed by atoms with Crippen LogP contribution in [0.1, 0.15) is 46.4 Å². The molecule has 1 saturated heterocycles. The molecule has 0 saturated carbocycles. The lowest BCUT2D eigenvalue weighted by atomic mass is 9.95. The van der Waals surface area contributed by atoms with Crippen LogP contribution in [0.3, 0.4) is 0 Å². The van der Waals surface area contributed by atoms with Gasteiger partial charge in [-0.15, -0.1) is 11.3 Å². The van der Waals surface area contributed by atoms with Crippen molar-refractivity contribution in [2.75, 3.05) is 51.7 Å². The molecule has 1 N–H and O–H groups in total. The number of benzene rings is 2. The second-order valence-corrected chi connectivity index (χ2v) is 9.96. The van der Waals surface area contributed by atoms with E-state index in [1.807, 2.05) is 60.7 Å². The van der Waals surface area contributed by atoms with Gasteiger partial charge in [-0.1, -0.05) is 24.3 Å². The maximum atomic E-state index is 12.9. The molecule has 196 valence electrons. The van der Waals surface area contributed by atoms with Crippen molar-refractivity contribution in [3.05, 3.63) is 81.8 Å². The van der Waals surface area contributed by atoms with E-state index in [2.05, 4.69) is 38.3 Å². The molecule has 0 bridgehead atoms. The maximum absolute atomic E-state index is 12.9. The van der Waals surface area contributed by atoms with E-state index in [0.29, 0.717) is 24.3 Å².